The van der Waals surface area contributed by atoms with Crippen molar-refractivity contribution in [1.82, 2.24) is 19.9 Å². The van der Waals surface area contributed by atoms with Gasteiger partial charge in [0.1, 0.15) is 0 Å². The van der Waals surface area contributed by atoms with Gasteiger partial charge in [-0.2, -0.15) is 10.1 Å². The second-order valence-electron chi connectivity index (χ2n) is 10.6. The van der Waals surface area contributed by atoms with Crippen molar-refractivity contribution in [3.63, 3.8) is 0 Å². The van der Waals surface area contributed by atoms with E-state index in [2.05, 4.69) is 23.7 Å². The highest BCUT2D eigenvalue weighted by atomic mass is 16.5. The number of hydrogen-bond acceptors (Lipinski definition) is 5. The maximum Gasteiger partial charge on any atom is 0.303 e. The SMILES string of the molecule is Cc1cc(-c2noc(-c3nn(CC4CC4)c4c3CCC(C)(C)C4)n2)cc(C)c1CCC(=O)O. The van der Waals surface area contributed by atoms with Crippen molar-refractivity contribution in [3.05, 3.63) is 40.1 Å². The summed E-state index contributed by atoms with van der Waals surface area (Å²) < 4.78 is 7.94. The largest absolute Gasteiger partial charge is 0.481 e. The van der Waals surface area contributed by atoms with Crippen LogP contribution in [0, 0.1) is 25.2 Å². The summed E-state index contributed by atoms with van der Waals surface area (Å²) in [4.78, 5) is 15.7. The van der Waals surface area contributed by atoms with Crippen LogP contribution in [-0.2, 0) is 30.6 Å². The van der Waals surface area contributed by atoms with Crippen molar-refractivity contribution in [1.29, 1.82) is 0 Å². The van der Waals surface area contributed by atoms with Crippen LogP contribution in [0.25, 0.3) is 23.0 Å². The molecule has 0 bridgehead atoms. The molecule has 2 heterocycles. The second kappa shape index (κ2) is 8.12. The molecule has 2 aliphatic carbocycles. The number of hydrogen-bond donors (Lipinski definition) is 1. The first-order valence-corrected chi connectivity index (χ1v) is 11.9. The molecular formula is C26H32N4O3. The lowest BCUT2D eigenvalue weighted by molar-refractivity contribution is -0.136. The van der Waals surface area contributed by atoms with Gasteiger partial charge in [-0.1, -0.05) is 19.0 Å². The Labute approximate surface area is 194 Å². The summed E-state index contributed by atoms with van der Waals surface area (Å²) in [5.74, 6) is 0.993. The first kappa shape index (κ1) is 21.9. The Bertz CT molecular complexity index is 1190. The number of aliphatic carboxylic acids is 1. The van der Waals surface area contributed by atoms with Gasteiger partial charge >= 0.3 is 5.97 Å². The highest BCUT2D eigenvalue weighted by molar-refractivity contribution is 5.68. The first-order valence-electron chi connectivity index (χ1n) is 11.9. The lowest BCUT2D eigenvalue weighted by Crippen LogP contribution is -2.24. The topological polar surface area (TPSA) is 94.0 Å². The smallest absolute Gasteiger partial charge is 0.303 e. The fourth-order valence-electron chi connectivity index (χ4n) is 5.05. The van der Waals surface area contributed by atoms with Gasteiger partial charge in [0.2, 0.25) is 5.82 Å². The Morgan fingerprint density at radius 2 is 1.97 bits per heavy atom. The molecule has 0 atom stereocenters. The van der Waals surface area contributed by atoms with Crippen molar-refractivity contribution >= 4 is 5.97 Å². The molecule has 7 nitrogen and oxygen atoms in total. The molecule has 0 aliphatic heterocycles. The zero-order chi connectivity index (χ0) is 23.3. The predicted molar refractivity (Wildman–Crippen MR) is 125 cm³/mol. The zero-order valence-corrected chi connectivity index (χ0v) is 19.9. The molecule has 5 rings (SSSR count). The maximum atomic E-state index is 11.0. The average Bonchev–Trinajstić information content (AvgIpc) is 3.30. The minimum atomic E-state index is -0.784. The normalized spacial score (nSPS) is 17.2. The summed E-state index contributed by atoms with van der Waals surface area (Å²) in [6.07, 6.45) is 6.36. The van der Waals surface area contributed by atoms with E-state index in [1.807, 2.05) is 26.0 Å². The van der Waals surface area contributed by atoms with E-state index in [0.717, 1.165) is 59.7 Å². The van der Waals surface area contributed by atoms with E-state index in [-0.39, 0.29) is 11.8 Å². The van der Waals surface area contributed by atoms with Gasteiger partial charge < -0.3 is 9.63 Å². The Hall–Kier alpha value is -2.96. The number of carboxylic acid groups (broad SMARTS) is 1. The summed E-state index contributed by atoms with van der Waals surface area (Å²) in [7, 11) is 0. The molecule has 1 N–H and O–H groups in total. The van der Waals surface area contributed by atoms with E-state index in [1.54, 1.807) is 0 Å². The number of nitrogens with zero attached hydrogens (tertiary/aromatic N) is 4. The van der Waals surface area contributed by atoms with Gasteiger partial charge in [0.25, 0.3) is 5.89 Å². The molecule has 0 radical (unpaired) electrons. The van der Waals surface area contributed by atoms with Crippen LogP contribution >= 0.6 is 0 Å². The number of carbonyl (C=O) groups is 1. The van der Waals surface area contributed by atoms with Crippen molar-refractivity contribution in [3.8, 4) is 23.0 Å². The van der Waals surface area contributed by atoms with E-state index < -0.39 is 5.97 Å². The van der Waals surface area contributed by atoms with E-state index in [4.69, 9.17) is 19.7 Å². The third kappa shape index (κ3) is 4.45. The summed E-state index contributed by atoms with van der Waals surface area (Å²) in [5.41, 5.74) is 7.77. The third-order valence-electron chi connectivity index (χ3n) is 7.16. The molecule has 2 aromatic heterocycles. The molecule has 1 saturated carbocycles. The molecule has 7 heteroatoms. The van der Waals surface area contributed by atoms with Gasteiger partial charge in [-0.15, -0.1) is 0 Å². The van der Waals surface area contributed by atoms with E-state index in [1.165, 1.54) is 24.1 Å². The Morgan fingerprint density at radius 3 is 2.64 bits per heavy atom. The van der Waals surface area contributed by atoms with Crippen LogP contribution in [0.5, 0.6) is 0 Å². The zero-order valence-electron chi connectivity index (χ0n) is 19.9. The van der Waals surface area contributed by atoms with Crippen molar-refractivity contribution in [2.24, 2.45) is 11.3 Å². The lowest BCUT2D eigenvalue weighted by Gasteiger charge is -2.30. The number of aromatic nitrogens is 4. The summed E-state index contributed by atoms with van der Waals surface area (Å²) in [6, 6.07) is 4.03. The molecule has 1 aromatic carbocycles. The van der Waals surface area contributed by atoms with Crippen LogP contribution in [0.3, 0.4) is 0 Å². The summed E-state index contributed by atoms with van der Waals surface area (Å²) in [5, 5.41) is 18.3. The maximum absolute atomic E-state index is 11.0. The van der Waals surface area contributed by atoms with Crippen LogP contribution in [0.4, 0.5) is 0 Å². The Balaban J connectivity index is 1.47. The fourth-order valence-corrected chi connectivity index (χ4v) is 5.05. The van der Waals surface area contributed by atoms with Gasteiger partial charge in [0.15, 0.2) is 5.69 Å². The Kier molecular flexibility index (Phi) is 5.38. The highest BCUT2D eigenvalue weighted by Gasteiger charge is 2.34. The van der Waals surface area contributed by atoms with Gasteiger partial charge in [0.05, 0.1) is 0 Å². The first-order chi connectivity index (χ1) is 15.7. The average molecular weight is 449 g/mol. The molecule has 174 valence electrons. The lowest BCUT2D eigenvalue weighted by atomic mass is 9.76. The van der Waals surface area contributed by atoms with Crippen LogP contribution in [0.2, 0.25) is 0 Å². The molecule has 1 fully saturated rings. The molecular weight excluding hydrogens is 416 g/mol. The number of carboxylic acids is 1. The van der Waals surface area contributed by atoms with Crippen LogP contribution in [-0.4, -0.2) is 31.0 Å². The van der Waals surface area contributed by atoms with E-state index in [0.29, 0.717) is 18.1 Å². The molecule has 0 amide bonds. The van der Waals surface area contributed by atoms with E-state index in [9.17, 15) is 4.79 Å². The second-order valence-corrected chi connectivity index (χ2v) is 10.6. The third-order valence-corrected chi connectivity index (χ3v) is 7.16. The minimum absolute atomic E-state index is 0.124. The molecule has 0 saturated heterocycles. The van der Waals surface area contributed by atoms with Gasteiger partial charge in [-0.05, 0) is 92.5 Å². The highest BCUT2D eigenvalue weighted by Crippen LogP contribution is 2.40. The van der Waals surface area contributed by atoms with Gasteiger partial charge in [0, 0.05) is 29.8 Å². The number of fused-ring (bicyclic) bond motifs is 1. The quantitative estimate of drug-likeness (QED) is 0.537. The number of rotatable bonds is 7. The predicted octanol–water partition coefficient (Wildman–Crippen LogP) is 5.16. The molecule has 0 unspecified atom stereocenters. The molecule has 3 aromatic rings. The molecule has 2 aliphatic rings. The Morgan fingerprint density at radius 1 is 1.24 bits per heavy atom. The number of benzene rings is 1. The molecule has 0 spiro atoms. The monoisotopic (exact) mass is 448 g/mol. The van der Waals surface area contributed by atoms with Crippen molar-refractivity contribution < 1.29 is 14.4 Å². The number of aryl methyl sites for hydroxylation is 2. The summed E-state index contributed by atoms with van der Waals surface area (Å²) >= 11 is 0. The standard InChI is InChI=1S/C26H32N4O3/c1-15-11-18(12-16(2)19(15)7-8-22(31)32)24-27-25(33-29-24)23-20-9-10-26(3,4)13-21(20)30(28-23)14-17-5-6-17/h11-12,17H,5-10,13-14H2,1-4H3,(H,31,32). The van der Waals surface area contributed by atoms with Crippen LogP contribution < -0.4 is 0 Å². The van der Waals surface area contributed by atoms with Crippen molar-refractivity contribution in [2.75, 3.05) is 0 Å². The van der Waals surface area contributed by atoms with Crippen LogP contribution in [0.15, 0.2) is 16.7 Å². The van der Waals surface area contributed by atoms with Gasteiger partial charge in [-0.25, -0.2) is 0 Å². The van der Waals surface area contributed by atoms with Crippen molar-refractivity contribution in [2.45, 2.75) is 79.2 Å². The van der Waals surface area contributed by atoms with Gasteiger partial charge in [-0.3, -0.25) is 9.48 Å². The van der Waals surface area contributed by atoms with E-state index >= 15 is 0 Å². The molecule has 33 heavy (non-hydrogen) atoms. The fraction of sp³-hybridized carbons (Fsp3) is 0.538. The summed E-state index contributed by atoms with van der Waals surface area (Å²) in [6.45, 7) is 9.66. The minimum Gasteiger partial charge on any atom is -0.481 e. The van der Waals surface area contributed by atoms with Crippen LogP contribution in [0.1, 0.15) is 67.5 Å².